The summed E-state index contributed by atoms with van der Waals surface area (Å²) in [7, 11) is 0. The van der Waals surface area contributed by atoms with Crippen molar-refractivity contribution in [2.75, 3.05) is 32.9 Å². The van der Waals surface area contributed by atoms with E-state index in [-0.39, 0.29) is 42.3 Å². The monoisotopic (exact) mass is 730 g/mol. The van der Waals surface area contributed by atoms with Gasteiger partial charge in [-0.25, -0.2) is 4.79 Å². The van der Waals surface area contributed by atoms with E-state index in [1.807, 2.05) is 24.3 Å². The Morgan fingerprint density at radius 1 is 0.959 bits per heavy atom. The van der Waals surface area contributed by atoms with Crippen LogP contribution in [-0.2, 0) is 37.4 Å². The lowest BCUT2D eigenvalue weighted by Crippen LogP contribution is -2.35. The first kappa shape index (κ1) is 38.0. The number of morpholine rings is 1. The van der Waals surface area contributed by atoms with Crippen LogP contribution in [0.4, 0.5) is 0 Å². The minimum atomic E-state index is -2.34. The number of esters is 3. The predicted octanol–water partition coefficient (Wildman–Crippen LogP) is 5.90. The molecule has 0 aliphatic carbocycles. The van der Waals surface area contributed by atoms with E-state index in [0.717, 1.165) is 17.3 Å². The Labute approximate surface area is 295 Å². The van der Waals surface area contributed by atoms with E-state index >= 15 is 0 Å². The van der Waals surface area contributed by atoms with Crippen LogP contribution in [0.3, 0.4) is 0 Å². The maximum atomic E-state index is 13.5. The van der Waals surface area contributed by atoms with Crippen molar-refractivity contribution >= 4 is 52.7 Å². The van der Waals surface area contributed by atoms with Crippen LogP contribution in [0, 0.1) is 16.0 Å². The Kier molecular flexibility index (Phi) is 13.7. The van der Waals surface area contributed by atoms with Crippen LogP contribution in [0.1, 0.15) is 61.0 Å². The summed E-state index contributed by atoms with van der Waals surface area (Å²) in [6.07, 6.45) is 0.721. The normalized spacial score (nSPS) is 15.1. The summed E-state index contributed by atoms with van der Waals surface area (Å²) < 4.78 is 24.2. The van der Waals surface area contributed by atoms with Crippen molar-refractivity contribution in [1.29, 1.82) is 0 Å². The molecule has 0 saturated carbocycles. The Morgan fingerprint density at radius 2 is 1.61 bits per heavy atom. The second-order valence-corrected chi connectivity index (χ2v) is 18.1. The number of ether oxygens (including phenoxy) is 4. The van der Waals surface area contributed by atoms with Crippen LogP contribution >= 0.6 is 17.6 Å². The van der Waals surface area contributed by atoms with Gasteiger partial charge in [0.15, 0.2) is 0 Å². The number of thiol groups is 1. The van der Waals surface area contributed by atoms with Crippen LogP contribution in [0.15, 0.2) is 66.7 Å². The molecular formula is C34H39N2O10PS2. The fourth-order valence-corrected chi connectivity index (χ4v) is 8.32. The molecule has 15 heteroatoms. The zero-order valence-corrected chi connectivity index (χ0v) is 30.0. The molecule has 2 atom stereocenters. The molecule has 0 amide bonds. The first-order valence-corrected chi connectivity index (χ1v) is 19.7. The Hall–Kier alpha value is -3.81. The maximum Gasteiger partial charge on any atom is 0.347 e. The van der Waals surface area contributed by atoms with Gasteiger partial charge in [-0.2, -0.15) is 0 Å². The minimum Gasteiger partial charge on any atom is -0.426 e. The summed E-state index contributed by atoms with van der Waals surface area (Å²) in [6.45, 7) is 8.19. The summed E-state index contributed by atoms with van der Waals surface area (Å²) in [6, 6.07) is 18.5. The molecule has 3 aromatic carbocycles. The quantitative estimate of drug-likeness (QED) is 0.0378. The molecular weight excluding hydrogens is 691 g/mol. The molecule has 49 heavy (non-hydrogen) atoms. The van der Waals surface area contributed by atoms with Gasteiger partial charge in [0.25, 0.3) is 5.09 Å². The number of nitrogens with zero attached hydrogens (tertiary/aromatic N) is 2. The van der Waals surface area contributed by atoms with Crippen LogP contribution in [-0.4, -0.2) is 60.6 Å². The third-order valence-electron chi connectivity index (χ3n) is 7.57. The van der Waals surface area contributed by atoms with E-state index in [1.54, 1.807) is 31.2 Å². The van der Waals surface area contributed by atoms with Gasteiger partial charge in [-0.3, -0.25) is 14.3 Å². The Morgan fingerprint density at radius 3 is 2.24 bits per heavy atom. The van der Waals surface area contributed by atoms with Gasteiger partial charge in [0.2, 0.25) is 0 Å². The molecule has 0 bridgehead atoms. The van der Waals surface area contributed by atoms with Crippen molar-refractivity contribution in [3.63, 3.8) is 0 Å². The molecule has 0 N–H and O–H groups in total. The number of benzene rings is 3. The highest BCUT2D eigenvalue weighted by molar-refractivity contribution is 8.65. The Balaban J connectivity index is 1.51. The molecule has 1 fully saturated rings. The number of carbonyl (C=O) groups is 3. The molecule has 12 nitrogen and oxygen atoms in total. The van der Waals surface area contributed by atoms with Gasteiger partial charge in [0.1, 0.15) is 22.8 Å². The van der Waals surface area contributed by atoms with Gasteiger partial charge in [-0.15, -0.1) is 22.4 Å². The number of hydrogen-bond donors (Lipinski definition) is 1. The maximum absolute atomic E-state index is 13.5. The minimum absolute atomic E-state index is 0.0145. The molecule has 1 saturated heterocycles. The molecule has 262 valence electrons. The predicted molar refractivity (Wildman–Crippen MR) is 190 cm³/mol. The van der Waals surface area contributed by atoms with E-state index in [9.17, 15) is 24.5 Å². The van der Waals surface area contributed by atoms with Gasteiger partial charge in [-0.05, 0) is 79.3 Å². The third kappa shape index (κ3) is 11.1. The van der Waals surface area contributed by atoms with Crippen molar-refractivity contribution in [2.24, 2.45) is 5.92 Å². The van der Waals surface area contributed by atoms with Gasteiger partial charge >= 0.3 is 17.9 Å². The molecule has 1 aliphatic rings. The van der Waals surface area contributed by atoms with Crippen LogP contribution in [0.5, 0.6) is 17.2 Å². The molecule has 1 heterocycles. The van der Waals surface area contributed by atoms with Gasteiger partial charge in [0.05, 0.1) is 31.1 Å². The summed E-state index contributed by atoms with van der Waals surface area (Å²) in [5.41, 5.74) is 1.76. The summed E-state index contributed by atoms with van der Waals surface area (Å²) in [5, 5.41) is 7.91. The molecule has 2 unspecified atom stereocenters. The van der Waals surface area contributed by atoms with E-state index in [4.69, 9.17) is 43.0 Å². The van der Waals surface area contributed by atoms with Crippen molar-refractivity contribution in [3.05, 3.63) is 93.5 Å². The average molecular weight is 731 g/mol. The molecule has 0 aromatic heterocycles. The van der Waals surface area contributed by atoms with Crippen LogP contribution in [0.25, 0.3) is 0 Å². The second kappa shape index (κ2) is 17.7. The lowest BCUT2D eigenvalue weighted by Gasteiger charge is -2.34. The highest BCUT2D eigenvalue weighted by Crippen LogP contribution is 2.53. The van der Waals surface area contributed by atoms with Gasteiger partial charge in [0, 0.05) is 24.8 Å². The first-order valence-electron chi connectivity index (χ1n) is 15.7. The third-order valence-corrected chi connectivity index (χ3v) is 12.5. The van der Waals surface area contributed by atoms with E-state index < -0.39 is 34.3 Å². The van der Waals surface area contributed by atoms with Crippen molar-refractivity contribution in [3.8, 4) is 17.2 Å². The van der Waals surface area contributed by atoms with E-state index in [0.29, 0.717) is 32.2 Å². The van der Waals surface area contributed by atoms with Crippen molar-refractivity contribution in [2.45, 2.75) is 46.0 Å². The summed E-state index contributed by atoms with van der Waals surface area (Å²) >= 11 is 10.7. The Bertz CT molecular complexity index is 1680. The smallest absolute Gasteiger partial charge is 0.347 e. The standard InChI is InChI=1S/C34H39N2O10PS2/c1-23(2)21-25-6-8-26(9-7-25)24(3)33(38)45-28-12-15-31(46-32(37)5-4-18-43-36(40)41)30(22-28)34(39)44-27-10-13-29(14-11-27)47(48,49)35-16-19-42-20-17-35/h6-15,22-24H,4-5,16-21H2,1-3H3,(H,48,49). The molecule has 4 rings (SSSR count). The van der Waals surface area contributed by atoms with Gasteiger partial charge < -0.3 is 23.8 Å². The van der Waals surface area contributed by atoms with Crippen molar-refractivity contribution in [1.82, 2.24) is 4.67 Å². The topological polar surface area (TPSA) is 144 Å². The fourth-order valence-electron chi connectivity index (χ4n) is 4.96. The SMILES string of the molecule is CC(C)Cc1ccc(C(C)C(=O)Oc2ccc(OC(=O)CCCO[N+](=O)[O-])c(C(=O)Oc3ccc(P(=S)(S)N4CCOCC4)cc3)c2)cc1. The fraction of sp³-hybridized carbons (Fsp3) is 0.382. The average Bonchev–Trinajstić information content (AvgIpc) is 3.07. The molecule has 1 aliphatic heterocycles. The highest BCUT2D eigenvalue weighted by Gasteiger charge is 2.27. The van der Waals surface area contributed by atoms with E-state index in [1.165, 1.54) is 23.8 Å². The first-order chi connectivity index (χ1) is 23.3. The number of carbonyl (C=O) groups excluding carboxylic acids is 3. The summed E-state index contributed by atoms with van der Waals surface area (Å²) in [5.74, 6) is -2.20. The largest absolute Gasteiger partial charge is 0.426 e. The summed E-state index contributed by atoms with van der Waals surface area (Å²) in [4.78, 5) is 53.8. The van der Waals surface area contributed by atoms with E-state index in [2.05, 4.69) is 23.4 Å². The van der Waals surface area contributed by atoms with Gasteiger partial charge in [-0.1, -0.05) is 49.9 Å². The number of hydrogen-bond acceptors (Lipinski definition) is 11. The zero-order chi connectivity index (χ0) is 35.6. The molecule has 0 radical (unpaired) electrons. The second-order valence-electron chi connectivity index (χ2n) is 11.8. The highest BCUT2D eigenvalue weighted by atomic mass is 32.9. The lowest BCUT2D eigenvalue weighted by molar-refractivity contribution is -0.757. The van der Waals surface area contributed by atoms with Crippen molar-refractivity contribution < 1.29 is 43.3 Å². The lowest BCUT2D eigenvalue weighted by atomic mass is 9.97. The zero-order valence-electron chi connectivity index (χ0n) is 27.4. The molecule has 3 aromatic rings. The van der Waals surface area contributed by atoms with Crippen LogP contribution in [0.2, 0.25) is 0 Å². The van der Waals surface area contributed by atoms with Crippen LogP contribution < -0.4 is 19.5 Å². The number of rotatable bonds is 15. The molecule has 0 spiro atoms.